The molecular weight excluding hydrogens is 392 g/mol. The highest BCUT2D eigenvalue weighted by Crippen LogP contribution is 2.14. The smallest absolute Gasteiger partial charge is 0.409 e. The first-order valence-electron chi connectivity index (χ1n) is 11.9. The lowest BCUT2D eigenvalue weighted by molar-refractivity contribution is -1.02. The molecule has 0 saturated carbocycles. The number of nitrogens with one attached hydrogen (secondary N) is 3. The van der Waals surface area contributed by atoms with Crippen LogP contribution in [0.15, 0.2) is 24.3 Å². The molecule has 2 aliphatic rings. The molecule has 1 aromatic rings. The fourth-order valence-electron chi connectivity index (χ4n) is 4.55. The van der Waals surface area contributed by atoms with Gasteiger partial charge >= 0.3 is 6.09 Å². The second-order valence-electron chi connectivity index (χ2n) is 9.28. The van der Waals surface area contributed by atoms with E-state index in [1.807, 2.05) is 6.92 Å². The Morgan fingerprint density at radius 3 is 2.26 bits per heavy atom. The molecule has 2 saturated heterocycles. The summed E-state index contributed by atoms with van der Waals surface area (Å²) in [4.78, 5) is 29.0. The van der Waals surface area contributed by atoms with Crippen LogP contribution in [-0.4, -0.2) is 75.4 Å². The fraction of sp³-hybridized carbons (Fsp3) is 0.667. The minimum absolute atomic E-state index is 0.136. The van der Waals surface area contributed by atoms with Crippen LogP contribution in [0, 0.1) is 0 Å². The van der Waals surface area contributed by atoms with Crippen LogP contribution in [0.3, 0.4) is 0 Å². The summed E-state index contributed by atoms with van der Waals surface area (Å²) in [7, 11) is 0. The number of amides is 2. The number of carbonyl (C=O) groups is 2. The van der Waals surface area contributed by atoms with Crippen LogP contribution in [0.1, 0.15) is 50.7 Å². The second-order valence-corrected chi connectivity index (χ2v) is 9.28. The molecule has 1 aromatic carbocycles. The molecule has 0 aromatic heterocycles. The Kier molecular flexibility index (Phi) is 8.72. The van der Waals surface area contributed by atoms with Gasteiger partial charge in [-0.3, -0.25) is 4.79 Å². The van der Waals surface area contributed by atoms with Gasteiger partial charge < -0.3 is 24.8 Å². The van der Waals surface area contributed by atoms with Crippen molar-refractivity contribution in [1.29, 1.82) is 0 Å². The van der Waals surface area contributed by atoms with E-state index < -0.39 is 0 Å². The first-order chi connectivity index (χ1) is 14.9. The van der Waals surface area contributed by atoms with Crippen LogP contribution in [-0.2, 0) is 16.1 Å². The third-order valence-corrected chi connectivity index (χ3v) is 6.56. The number of benzene rings is 1. The van der Waals surface area contributed by atoms with Crippen molar-refractivity contribution in [2.24, 2.45) is 0 Å². The molecule has 0 bridgehead atoms. The minimum Gasteiger partial charge on any atom is -0.450 e. The fourth-order valence-corrected chi connectivity index (χ4v) is 4.55. The van der Waals surface area contributed by atoms with E-state index in [1.165, 1.54) is 16.0 Å². The van der Waals surface area contributed by atoms with Crippen molar-refractivity contribution >= 4 is 12.0 Å². The van der Waals surface area contributed by atoms with Gasteiger partial charge in [0.2, 0.25) is 0 Å². The van der Waals surface area contributed by atoms with Crippen molar-refractivity contribution in [3.63, 3.8) is 0 Å². The predicted molar refractivity (Wildman–Crippen MR) is 120 cm³/mol. The number of hydrogen-bond acceptors (Lipinski definition) is 3. The monoisotopic (exact) mass is 432 g/mol. The summed E-state index contributed by atoms with van der Waals surface area (Å²) in [5, 5.41) is 3.18. The van der Waals surface area contributed by atoms with E-state index in [-0.39, 0.29) is 18.0 Å². The van der Waals surface area contributed by atoms with Crippen LogP contribution in [0.2, 0.25) is 0 Å². The topological polar surface area (TPSA) is 67.5 Å². The minimum atomic E-state index is -0.243. The Balaban J connectivity index is 1.33. The largest absolute Gasteiger partial charge is 0.450 e. The second kappa shape index (κ2) is 11.5. The number of nitrogens with zero attached hydrogens (tertiary/aromatic N) is 1. The lowest BCUT2D eigenvalue weighted by Crippen LogP contribution is -3.28. The highest BCUT2D eigenvalue weighted by Gasteiger charge is 2.28. The molecule has 2 amide bonds. The van der Waals surface area contributed by atoms with Crippen molar-refractivity contribution < 1.29 is 24.1 Å². The van der Waals surface area contributed by atoms with Crippen LogP contribution in [0.25, 0.3) is 0 Å². The summed E-state index contributed by atoms with van der Waals surface area (Å²) in [6, 6.07) is 9.20. The summed E-state index contributed by atoms with van der Waals surface area (Å²) in [5.41, 5.74) is 2.79. The standard InChI is InChI=1S/C24H38N4O3/c1-4-31-24(30)28-11-9-22(10-12-28)25-23(29)18-27-15-13-26(14-16-27)17-20-5-7-21(8-6-20)19(2)3/h5-8,19,22H,4,9-18H2,1-3H3,(H,25,29)/p+2. The van der Waals surface area contributed by atoms with Crippen molar-refractivity contribution in [3.05, 3.63) is 35.4 Å². The Morgan fingerprint density at radius 2 is 1.68 bits per heavy atom. The van der Waals surface area contributed by atoms with E-state index in [4.69, 9.17) is 4.74 Å². The zero-order chi connectivity index (χ0) is 22.2. The summed E-state index contributed by atoms with van der Waals surface area (Å²) < 4.78 is 5.05. The number of carbonyl (C=O) groups excluding carboxylic acids is 2. The van der Waals surface area contributed by atoms with Gasteiger partial charge in [-0.15, -0.1) is 0 Å². The maximum atomic E-state index is 12.5. The molecular formula is C24H40N4O3+2. The van der Waals surface area contributed by atoms with Gasteiger partial charge in [0.05, 0.1) is 6.61 Å². The molecule has 2 fully saturated rings. The highest BCUT2D eigenvalue weighted by atomic mass is 16.6. The van der Waals surface area contributed by atoms with Crippen LogP contribution < -0.4 is 15.1 Å². The molecule has 172 valence electrons. The Bertz CT molecular complexity index is 706. The van der Waals surface area contributed by atoms with Crippen LogP contribution >= 0.6 is 0 Å². The van der Waals surface area contributed by atoms with Crippen molar-refractivity contribution in [1.82, 2.24) is 10.2 Å². The van der Waals surface area contributed by atoms with Gasteiger partial charge in [-0.1, -0.05) is 38.1 Å². The van der Waals surface area contributed by atoms with Crippen LogP contribution in [0.5, 0.6) is 0 Å². The Labute approximate surface area is 186 Å². The maximum Gasteiger partial charge on any atom is 0.409 e. The quantitative estimate of drug-likeness (QED) is 0.561. The third-order valence-electron chi connectivity index (χ3n) is 6.56. The molecule has 3 N–H and O–H groups in total. The number of hydrogen-bond donors (Lipinski definition) is 3. The lowest BCUT2D eigenvalue weighted by Gasteiger charge is -2.32. The molecule has 31 heavy (non-hydrogen) atoms. The SMILES string of the molecule is CCOC(=O)N1CCC(NC(=O)C[NH+]2CC[NH+](Cc3ccc(C(C)C)cc3)CC2)CC1. The molecule has 0 spiro atoms. The van der Waals surface area contributed by atoms with E-state index >= 15 is 0 Å². The maximum absolute atomic E-state index is 12.5. The number of rotatable bonds is 7. The molecule has 7 nitrogen and oxygen atoms in total. The van der Waals surface area contributed by atoms with E-state index in [1.54, 1.807) is 9.80 Å². The van der Waals surface area contributed by atoms with Crippen molar-refractivity contribution in [3.8, 4) is 0 Å². The van der Waals surface area contributed by atoms with E-state index in [0.717, 1.165) is 45.6 Å². The van der Waals surface area contributed by atoms with Gasteiger partial charge in [0.1, 0.15) is 32.7 Å². The van der Waals surface area contributed by atoms with Gasteiger partial charge in [0, 0.05) is 24.7 Å². The van der Waals surface area contributed by atoms with Gasteiger partial charge in [0.25, 0.3) is 5.91 Å². The van der Waals surface area contributed by atoms with E-state index in [9.17, 15) is 9.59 Å². The molecule has 7 heteroatoms. The first kappa shape index (κ1) is 23.5. The number of ether oxygens (including phenoxy) is 1. The molecule has 0 aliphatic carbocycles. The van der Waals surface area contributed by atoms with Gasteiger partial charge in [-0.05, 0) is 31.2 Å². The number of likely N-dealkylation sites (tertiary alicyclic amines) is 1. The van der Waals surface area contributed by atoms with Gasteiger partial charge in [-0.25, -0.2) is 4.79 Å². The molecule has 2 aliphatic heterocycles. The highest BCUT2D eigenvalue weighted by molar-refractivity contribution is 5.77. The number of quaternary nitrogens is 2. The Morgan fingerprint density at radius 1 is 1.06 bits per heavy atom. The summed E-state index contributed by atoms with van der Waals surface area (Å²) in [6.45, 7) is 13.9. The van der Waals surface area contributed by atoms with E-state index in [2.05, 4.69) is 43.4 Å². The summed E-state index contributed by atoms with van der Waals surface area (Å²) in [5.74, 6) is 0.710. The average molecular weight is 433 g/mol. The summed E-state index contributed by atoms with van der Waals surface area (Å²) in [6.07, 6.45) is 1.36. The Hall–Kier alpha value is -2.12. The zero-order valence-corrected chi connectivity index (χ0v) is 19.4. The van der Waals surface area contributed by atoms with Crippen molar-refractivity contribution in [2.45, 2.75) is 52.1 Å². The van der Waals surface area contributed by atoms with Crippen molar-refractivity contribution in [2.75, 3.05) is 52.4 Å². The zero-order valence-electron chi connectivity index (χ0n) is 19.4. The van der Waals surface area contributed by atoms with E-state index in [0.29, 0.717) is 32.2 Å². The summed E-state index contributed by atoms with van der Waals surface area (Å²) >= 11 is 0. The molecule has 0 unspecified atom stereocenters. The molecule has 2 heterocycles. The number of piperidine rings is 1. The number of piperazine rings is 1. The average Bonchev–Trinajstić information content (AvgIpc) is 2.76. The molecule has 3 rings (SSSR count). The van der Waals surface area contributed by atoms with Crippen LogP contribution in [0.4, 0.5) is 4.79 Å². The predicted octanol–water partition coefficient (Wildman–Crippen LogP) is -0.169. The third kappa shape index (κ3) is 7.21. The molecule has 0 radical (unpaired) electrons. The first-order valence-corrected chi connectivity index (χ1v) is 11.9. The lowest BCUT2D eigenvalue weighted by atomic mass is 10.0. The normalized spacial score (nSPS) is 22.4. The van der Waals surface area contributed by atoms with Gasteiger partial charge in [0.15, 0.2) is 6.54 Å². The van der Waals surface area contributed by atoms with Gasteiger partial charge in [-0.2, -0.15) is 0 Å². The molecule has 0 atom stereocenters.